The van der Waals surface area contributed by atoms with Crippen LogP contribution in [0.3, 0.4) is 0 Å². The maximum atomic E-state index is 5.82. The van der Waals surface area contributed by atoms with E-state index in [9.17, 15) is 0 Å². The number of pyridine rings is 1. The monoisotopic (exact) mass is 346 g/mol. The van der Waals surface area contributed by atoms with E-state index < -0.39 is 0 Å². The van der Waals surface area contributed by atoms with Crippen LogP contribution in [0, 0.1) is 0 Å². The molecule has 0 unspecified atom stereocenters. The lowest BCUT2D eigenvalue weighted by molar-refractivity contribution is 0.301. The number of imidazole rings is 1. The fourth-order valence-electron chi connectivity index (χ4n) is 2.64. The number of aryl methyl sites for hydroxylation is 1. The highest BCUT2D eigenvalue weighted by Crippen LogP contribution is 2.24. The van der Waals surface area contributed by atoms with Crippen molar-refractivity contribution in [1.82, 2.24) is 24.5 Å². The average molecular weight is 346 g/mol. The van der Waals surface area contributed by atoms with Crippen molar-refractivity contribution in [1.29, 1.82) is 0 Å². The van der Waals surface area contributed by atoms with E-state index in [1.807, 2.05) is 47.0 Å². The van der Waals surface area contributed by atoms with Crippen LogP contribution in [-0.4, -0.2) is 24.5 Å². The Hall–Kier alpha value is -3.48. The number of nitrogens with one attached hydrogen (secondary N) is 1. The Kier molecular flexibility index (Phi) is 4.42. The zero-order valence-electron chi connectivity index (χ0n) is 14.3. The normalized spacial score (nSPS) is 10.8. The molecule has 4 aromatic rings. The largest absolute Gasteiger partial charge is 0.487 e. The Morgan fingerprint density at radius 2 is 2.00 bits per heavy atom. The molecule has 0 aliphatic carbocycles. The first-order chi connectivity index (χ1) is 12.8. The minimum atomic E-state index is 0.420. The van der Waals surface area contributed by atoms with Gasteiger partial charge in [-0.3, -0.25) is 4.98 Å². The van der Waals surface area contributed by atoms with Crippen molar-refractivity contribution in [3.8, 4) is 5.75 Å². The Morgan fingerprint density at radius 3 is 2.85 bits per heavy atom. The van der Waals surface area contributed by atoms with Crippen molar-refractivity contribution in [2.24, 2.45) is 0 Å². The molecule has 0 atom stereocenters. The maximum absolute atomic E-state index is 5.82. The second-order valence-corrected chi connectivity index (χ2v) is 5.69. The van der Waals surface area contributed by atoms with Crippen molar-refractivity contribution >= 4 is 22.7 Å². The Morgan fingerprint density at radius 1 is 1.04 bits per heavy atom. The van der Waals surface area contributed by atoms with Crippen molar-refractivity contribution in [2.75, 3.05) is 5.32 Å². The lowest BCUT2D eigenvalue weighted by atomic mass is 10.3. The van der Waals surface area contributed by atoms with Crippen LogP contribution in [0.5, 0.6) is 5.75 Å². The van der Waals surface area contributed by atoms with Crippen LogP contribution < -0.4 is 10.1 Å². The van der Waals surface area contributed by atoms with Crippen LogP contribution in [0.4, 0.5) is 11.5 Å². The molecule has 7 heteroatoms. The minimum absolute atomic E-state index is 0.420. The van der Waals surface area contributed by atoms with Gasteiger partial charge in [0, 0.05) is 24.5 Å². The SMILES string of the molecule is CCn1cnc2c(Nc3cccc(OCc4ccccn4)c3)ncnc21. The standard InChI is InChI=1S/C19H18N6O/c1-2-25-13-23-17-18(21-12-22-19(17)25)24-14-7-5-8-16(10-14)26-11-15-6-3-4-9-20-15/h3-10,12-13H,2,11H2,1H3,(H,21,22,24). The van der Waals surface area contributed by atoms with E-state index in [1.54, 1.807) is 18.9 Å². The summed E-state index contributed by atoms with van der Waals surface area (Å²) in [7, 11) is 0. The molecule has 0 amide bonds. The van der Waals surface area contributed by atoms with Gasteiger partial charge in [0.1, 0.15) is 18.7 Å². The summed E-state index contributed by atoms with van der Waals surface area (Å²) in [6.45, 7) is 3.28. The van der Waals surface area contributed by atoms with Gasteiger partial charge in [0.05, 0.1) is 12.0 Å². The van der Waals surface area contributed by atoms with Gasteiger partial charge in [0.2, 0.25) is 0 Å². The second-order valence-electron chi connectivity index (χ2n) is 5.69. The Bertz CT molecular complexity index is 1010. The molecule has 0 bridgehead atoms. The van der Waals surface area contributed by atoms with E-state index in [-0.39, 0.29) is 0 Å². The van der Waals surface area contributed by atoms with E-state index in [4.69, 9.17) is 4.74 Å². The maximum Gasteiger partial charge on any atom is 0.165 e. The average Bonchev–Trinajstić information content (AvgIpc) is 3.12. The Balaban J connectivity index is 1.53. The molecule has 0 aliphatic rings. The number of ether oxygens (including phenoxy) is 1. The molecule has 1 aromatic carbocycles. The Labute approximate surface area is 150 Å². The number of benzene rings is 1. The molecular formula is C19H18N6O. The summed E-state index contributed by atoms with van der Waals surface area (Å²) in [5, 5.41) is 3.30. The predicted octanol–water partition coefficient (Wildman–Crippen LogP) is 3.56. The van der Waals surface area contributed by atoms with Crippen molar-refractivity contribution in [3.63, 3.8) is 0 Å². The fourth-order valence-corrected chi connectivity index (χ4v) is 2.64. The van der Waals surface area contributed by atoms with E-state index in [0.717, 1.165) is 34.8 Å². The zero-order chi connectivity index (χ0) is 17.8. The summed E-state index contributed by atoms with van der Waals surface area (Å²) in [5.41, 5.74) is 3.31. The number of aromatic nitrogens is 5. The van der Waals surface area contributed by atoms with Crippen LogP contribution >= 0.6 is 0 Å². The molecule has 7 nitrogen and oxygen atoms in total. The number of rotatable bonds is 6. The minimum Gasteiger partial charge on any atom is -0.487 e. The molecule has 1 N–H and O–H groups in total. The summed E-state index contributed by atoms with van der Waals surface area (Å²) < 4.78 is 7.81. The highest BCUT2D eigenvalue weighted by Gasteiger charge is 2.09. The zero-order valence-corrected chi connectivity index (χ0v) is 14.3. The van der Waals surface area contributed by atoms with E-state index in [0.29, 0.717) is 12.4 Å². The van der Waals surface area contributed by atoms with Gasteiger partial charge in [-0.1, -0.05) is 12.1 Å². The van der Waals surface area contributed by atoms with Gasteiger partial charge in [0.25, 0.3) is 0 Å². The molecule has 3 heterocycles. The molecule has 0 fully saturated rings. The third kappa shape index (κ3) is 3.32. The van der Waals surface area contributed by atoms with Crippen LogP contribution in [0.15, 0.2) is 61.3 Å². The molecule has 26 heavy (non-hydrogen) atoms. The van der Waals surface area contributed by atoms with E-state index in [1.165, 1.54) is 0 Å². The van der Waals surface area contributed by atoms with E-state index >= 15 is 0 Å². The highest BCUT2D eigenvalue weighted by molar-refractivity contribution is 5.85. The van der Waals surface area contributed by atoms with Gasteiger partial charge >= 0.3 is 0 Å². The van der Waals surface area contributed by atoms with Crippen LogP contribution in [0.2, 0.25) is 0 Å². The van der Waals surface area contributed by atoms with Gasteiger partial charge in [-0.2, -0.15) is 0 Å². The van der Waals surface area contributed by atoms with Gasteiger partial charge in [0.15, 0.2) is 17.0 Å². The topological polar surface area (TPSA) is 77.8 Å². The van der Waals surface area contributed by atoms with Gasteiger partial charge in [-0.15, -0.1) is 0 Å². The molecule has 0 radical (unpaired) electrons. The number of anilines is 2. The summed E-state index contributed by atoms with van der Waals surface area (Å²) in [5.74, 6) is 1.43. The molecule has 0 saturated carbocycles. The summed E-state index contributed by atoms with van der Waals surface area (Å²) >= 11 is 0. The van der Waals surface area contributed by atoms with Crippen LogP contribution in [0.25, 0.3) is 11.2 Å². The lowest BCUT2D eigenvalue weighted by Crippen LogP contribution is -2.00. The first kappa shape index (κ1) is 16.0. The first-order valence-electron chi connectivity index (χ1n) is 8.39. The molecule has 4 rings (SSSR count). The van der Waals surface area contributed by atoms with Crippen molar-refractivity contribution in [2.45, 2.75) is 20.1 Å². The quantitative estimate of drug-likeness (QED) is 0.575. The molecule has 0 spiro atoms. The van der Waals surface area contributed by atoms with Crippen LogP contribution in [-0.2, 0) is 13.2 Å². The highest BCUT2D eigenvalue weighted by atomic mass is 16.5. The first-order valence-corrected chi connectivity index (χ1v) is 8.39. The smallest absolute Gasteiger partial charge is 0.165 e. The van der Waals surface area contributed by atoms with Gasteiger partial charge < -0.3 is 14.6 Å². The third-order valence-electron chi connectivity index (χ3n) is 3.95. The lowest BCUT2D eigenvalue weighted by Gasteiger charge is -2.09. The molecular weight excluding hydrogens is 328 g/mol. The third-order valence-corrected chi connectivity index (χ3v) is 3.95. The van der Waals surface area contributed by atoms with E-state index in [2.05, 4.69) is 32.2 Å². The number of hydrogen-bond acceptors (Lipinski definition) is 6. The van der Waals surface area contributed by atoms with Crippen molar-refractivity contribution < 1.29 is 4.74 Å². The number of nitrogens with zero attached hydrogens (tertiary/aromatic N) is 5. The summed E-state index contributed by atoms with van der Waals surface area (Å²) in [6.07, 6.45) is 5.07. The fraction of sp³-hybridized carbons (Fsp3) is 0.158. The summed E-state index contributed by atoms with van der Waals surface area (Å²) in [4.78, 5) is 17.3. The molecule has 130 valence electrons. The summed E-state index contributed by atoms with van der Waals surface area (Å²) in [6, 6.07) is 13.5. The van der Waals surface area contributed by atoms with Crippen molar-refractivity contribution in [3.05, 3.63) is 67.0 Å². The van der Waals surface area contributed by atoms with Gasteiger partial charge in [-0.05, 0) is 31.2 Å². The van der Waals surface area contributed by atoms with Crippen LogP contribution in [0.1, 0.15) is 12.6 Å². The van der Waals surface area contributed by atoms with Gasteiger partial charge in [-0.25, -0.2) is 15.0 Å². The number of fused-ring (bicyclic) bond motifs is 1. The number of hydrogen-bond donors (Lipinski definition) is 1. The molecule has 0 saturated heterocycles. The molecule has 0 aliphatic heterocycles. The predicted molar refractivity (Wildman–Crippen MR) is 99.3 cm³/mol. The molecule has 3 aromatic heterocycles. The second kappa shape index (κ2) is 7.18.